The number of nitrogens with one attached hydrogen (secondary N) is 2. The molecule has 0 aliphatic rings. The first-order chi connectivity index (χ1) is 11.7. The maximum absolute atomic E-state index is 5.98. The van der Waals surface area contributed by atoms with Crippen molar-refractivity contribution in [1.82, 2.24) is 15.2 Å². The zero-order valence-electron chi connectivity index (χ0n) is 13.0. The summed E-state index contributed by atoms with van der Waals surface area (Å²) in [5, 5.41) is 14.9. The van der Waals surface area contributed by atoms with E-state index < -0.39 is 0 Å². The summed E-state index contributed by atoms with van der Waals surface area (Å²) >= 11 is 5.98. The normalized spacial score (nSPS) is 10.2. The number of halogens is 1. The summed E-state index contributed by atoms with van der Waals surface area (Å²) < 4.78 is 5.33. The maximum atomic E-state index is 5.98. The van der Waals surface area contributed by atoms with Gasteiger partial charge in [-0.3, -0.25) is 0 Å². The molecule has 2 N–H and O–H groups in total. The third-order valence-electron chi connectivity index (χ3n) is 3.29. The molecule has 0 atom stereocenters. The Balaban J connectivity index is 1.69. The number of benzene rings is 2. The van der Waals surface area contributed by atoms with E-state index in [1.54, 1.807) is 13.3 Å². The topological polar surface area (TPSA) is 72.0 Å². The second-order valence-electron chi connectivity index (χ2n) is 4.97. The standard InChI is InChI=1S/C17H16ClN5O/c1-24-15-8-3-2-5-12(15)10-19-17-22-16(11-20-23-17)21-14-7-4-6-13(18)9-14/h2-9,11H,10H2,1H3,(H2,19,21,22,23). The summed E-state index contributed by atoms with van der Waals surface area (Å²) in [5.74, 6) is 1.81. The minimum absolute atomic E-state index is 0.424. The number of hydrogen-bond acceptors (Lipinski definition) is 6. The van der Waals surface area contributed by atoms with Gasteiger partial charge in [0, 0.05) is 22.8 Å². The minimum atomic E-state index is 0.424. The van der Waals surface area contributed by atoms with Crippen LogP contribution in [0.4, 0.5) is 17.5 Å². The molecule has 6 nitrogen and oxygen atoms in total. The molecule has 0 spiro atoms. The summed E-state index contributed by atoms with van der Waals surface area (Å²) in [4.78, 5) is 4.39. The molecule has 0 bridgehead atoms. The number of para-hydroxylation sites is 1. The number of ether oxygens (including phenoxy) is 1. The number of rotatable bonds is 6. The molecule has 0 aliphatic carbocycles. The molecule has 0 fully saturated rings. The van der Waals surface area contributed by atoms with E-state index in [9.17, 15) is 0 Å². The van der Waals surface area contributed by atoms with E-state index in [2.05, 4.69) is 25.8 Å². The summed E-state index contributed by atoms with van der Waals surface area (Å²) in [6, 6.07) is 15.2. The van der Waals surface area contributed by atoms with E-state index in [0.717, 1.165) is 17.0 Å². The van der Waals surface area contributed by atoms with Crippen molar-refractivity contribution in [2.45, 2.75) is 6.54 Å². The van der Waals surface area contributed by atoms with Crippen LogP contribution in [0, 0.1) is 0 Å². The van der Waals surface area contributed by atoms with Crippen LogP contribution in [0.5, 0.6) is 5.75 Å². The van der Waals surface area contributed by atoms with Crippen molar-refractivity contribution in [2.75, 3.05) is 17.7 Å². The molecule has 7 heteroatoms. The number of aromatic nitrogens is 3. The largest absolute Gasteiger partial charge is 0.496 e. The fraction of sp³-hybridized carbons (Fsp3) is 0.118. The summed E-state index contributed by atoms with van der Waals surface area (Å²) in [6.07, 6.45) is 1.55. The van der Waals surface area contributed by atoms with Crippen molar-refractivity contribution in [3.8, 4) is 5.75 Å². The van der Waals surface area contributed by atoms with E-state index in [1.807, 2.05) is 48.5 Å². The number of nitrogens with zero attached hydrogens (tertiary/aromatic N) is 3. The highest BCUT2D eigenvalue weighted by molar-refractivity contribution is 6.30. The van der Waals surface area contributed by atoms with Gasteiger partial charge >= 0.3 is 0 Å². The molecule has 0 aliphatic heterocycles. The molecular weight excluding hydrogens is 326 g/mol. The molecule has 0 radical (unpaired) electrons. The van der Waals surface area contributed by atoms with Crippen molar-refractivity contribution < 1.29 is 4.74 Å². The molecule has 0 amide bonds. The minimum Gasteiger partial charge on any atom is -0.496 e. The van der Waals surface area contributed by atoms with Crippen LogP contribution >= 0.6 is 11.6 Å². The molecule has 2 aromatic carbocycles. The Bertz CT molecular complexity index is 827. The van der Waals surface area contributed by atoms with Crippen molar-refractivity contribution >= 4 is 29.1 Å². The summed E-state index contributed by atoms with van der Waals surface area (Å²) in [5.41, 5.74) is 1.84. The van der Waals surface area contributed by atoms with Crippen LogP contribution in [0.25, 0.3) is 0 Å². The smallest absolute Gasteiger partial charge is 0.244 e. The molecule has 3 aromatic rings. The number of anilines is 3. The highest BCUT2D eigenvalue weighted by Gasteiger charge is 2.05. The fourth-order valence-corrected chi connectivity index (χ4v) is 2.37. The van der Waals surface area contributed by atoms with Gasteiger partial charge in [-0.25, -0.2) is 0 Å². The first-order valence-electron chi connectivity index (χ1n) is 7.32. The SMILES string of the molecule is COc1ccccc1CNc1nncc(Nc2cccc(Cl)c2)n1. The first kappa shape index (κ1) is 16.0. The van der Waals surface area contributed by atoms with Gasteiger partial charge in [-0.05, 0) is 24.3 Å². The Labute approximate surface area is 144 Å². The van der Waals surface area contributed by atoms with Gasteiger partial charge in [-0.2, -0.15) is 10.1 Å². The van der Waals surface area contributed by atoms with Crippen LogP contribution in [0.3, 0.4) is 0 Å². The zero-order chi connectivity index (χ0) is 16.8. The zero-order valence-corrected chi connectivity index (χ0v) is 13.8. The van der Waals surface area contributed by atoms with Crippen molar-refractivity contribution in [1.29, 1.82) is 0 Å². The van der Waals surface area contributed by atoms with Gasteiger partial charge in [0.1, 0.15) is 5.75 Å². The molecule has 1 aromatic heterocycles. The maximum Gasteiger partial charge on any atom is 0.244 e. The average molecular weight is 342 g/mol. The lowest BCUT2D eigenvalue weighted by atomic mass is 10.2. The Morgan fingerprint density at radius 2 is 2.00 bits per heavy atom. The van der Waals surface area contributed by atoms with E-state index in [4.69, 9.17) is 16.3 Å². The Kier molecular flexibility index (Phi) is 5.08. The lowest BCUT2D eigenvalue weighted by Crippen LogP contribution is -2.07. The van der Waals surface area contributed by atoms with Gasteiger partial charge < -0.3 is 15.4 Å². The molecule has 1 heterocycles. The molecule has 0 saturated heterocycles. The van der Waals surface area contributed by atoms with Gasteiger partial charge in [-0.1, -0.05) is 35.9 Å². The monoisotopic (exact) mass is 341 g/mol. The number of hydrogen-bond donors (Lipinski definition) is 2. The van der Waals surface area contributed by atoms with E-state index >= 15 is 0 Å². The van der Waals surface area contributed by atoms with E-state index in [0.29, 0.717) is 23.3 Å². The molecule has 122 valence electrons. The van der Waals surface area contributed by atoms with Crippen LogP contribution in [0.2, 0.25) is 5.02 Å². The highest BCUT2D eigenvalue weighted by Crippen LogP contribution is 2.20. The van der Waals surface area contributed by atoms with Crippen molar-refractivity contribution in [2.24, 2.45) is 0 Å². The summed E-state index contributed by atoms with van der Waals surface area (Å²) in [6.45, 7) is 0.534. The van der Waals surface area contributed by atoms with Gasteiger partial charge in [0.05, 0.1) is 13.3 Å². The predicted octanol–water partition coefficient (Wildman–Crippen LogP) is 3.89. The molecule has 0 unspecified atom stereocenters. The highest BCUT2D eigenvalue weighted by atomic mass is 35.5. The van der Waals surface area contributed by atoms with Gasteiger partial charge in [0.2, 0.25) is 5.95 Å². The summed E-state index contributed by atoms with van der Waals surface area (Å²) in [7, 11) is 1.65. The lowest BCUT2D eigenvalue weighted by molar-refractivity contribution is 0.410. The molecule has 0 saturated carbocycles. The van der Waals surface area contributed by atoms with E-state index in [1.165, 1.54) is 0 Å². The third-order valence-corrected chi connectivity index (χ3v) is 3.52. The molecule has 3 rings (SSSR count). The van der Waals surface area contributed by atoms with Gasteiger partial charge in [0.25, 0.3) is 0 Å². The van der Waals surface area contributed by atoms with Gasteiger partial charge in [0.15, 0.2) is 5.82 Å². The average Bonchev–Trinajstić information content (AvgIpc) is 2.60. The van der Waals surface area contributed by atoms with Crippen LogP contribution in [-0.4, -0.2) is 22.3 Å². The second kappa shape index (κ2) is 7.61. The van der Waals surface area contributed by atoms with Crippen molar-refractivity contribution in [3.05, 3.63) is 65.3 Å². The van der Waals surface area contributed by atoms with Crippen LogP contribution in [0.15, 0.2) is 54.7 Å². The number of methoxy groups -OCH3 is 1. The lowest BCUT2D eigenvalue weighted by Gasteiger charge is -2.10. The fourth-order valence-electron chi connectivity index (χ4n) is 2.18. The van der Waals surface area contributed by atoms with Crippen LogP contribution in [-0.2, 0) is 6.54 Å². The van der Waals surface area contributed by atoms with Crippen molar-refractivity contribution in [3.63, 3.8) is 0 Å². The quantitative estimate of drug-likeness (QED) is 0.708. The third kappa shape index (κ3) is 4.11. The Morgan fingerprint density at radius 3 is 2.83 bits per heavy atom. The molecule has 24 heavy (non-hydrogen) atoms. The first-order valence-corrected chi connectivity index (χ1v) is 7.70. The Hall–Kier alpha value is -2.86. The van der Waals surface area contributed by atoms with Crippen LogP contribution < -0.4 is 15.4 Å². The van der Waals surface area contributed by atoms with Crippen LogP contribution in [0.1, 0.15) is 5.56 Å². The van der Waals surface area contributed by atoms with E-state index in [-0.39, 0.29) is 0 Å². The predicted molar refractivity (Wildman–Crippen MR) is 94.9 cm³/mol. The Morgan fingerprint density at radius 1 is 1.12 bits per heavy atom. The second-order valence-corrected chi connectivity index (χ2v) is 5.40. The van der Waals surface area contributed by atoms with Gasteiger partial charge in [-0.15, -0.1) is 5.10 Å². The molecular formula is C17H16ClN5O.